The summed E-state index contributed by atoms with van der Waals surface area (Å²) < 4.78 is 54.8. The lowest BCUT2D eigenvalue weighted by molar-refractivity contribution is -0.267. The van der Waals surface area contributed by atoms with E-state index in [0.717, 1.165) is 44.9 Å². The third-order valence-corrected chi connectivity index (χ3v) is 12.7. The summed E-state index contributed by atoms with van der Waals surface area (Å²) in [6.07, 6.45) is 7.97. The van der Waals surface area contributed by atoms with Gasteiger partial charge in [-0.1, -0.05) is 34.1 Å². The van der Waals surface area contributed by atoms with Crippen LogP contribution in [0.3, 0.4) is 0 Å². The van der Waals surface area contributed by atoms with E-state index in [-0.39, 0.29) is 54.6 Å². The van der Waals surface area contributed by atoms with Gasteiger partial charge in [0.25, 0.3) is 0 Å². The summed E-state index contributed by atoms with van der Waals surface area (Å²) in [6, 6.07) is 0. The molecule has 0 heterocycles. The minimum Gasteiger partial charge on any atom is -0.469 e. The van der Waals surface area contributed by atoms with Crippen molar-refractivity contribution in [1.82, 2.24) is 0 Å². The SMILES string of the molecule is CC[C@H]1[C@@H](OCOC)C2C3CC[C@H]([C@H](C)CC(CF)C(=O)OC)[C@@]3(C)[C@@H](OCOC)CC2[C@@]2(C)CC[C@@H](OCOC)C[C@@H]12. The Balaban J connectivity index is 1.73. The molecule has 4 aliphatic carbocycles. The van der Waals surface area contributed by atoms with Gasteiger partial charge in [-0.2, -0.15) is 0 Å². The molecule has 0 aromatic rings. The number of alkyl halides is 1. The van der Waals surface area contributed by atoms with Crippen LogP contribution in [0.2, 0.25) is 0 Å². The molecule has 8 nitrogen and oxygen atoms in total. The number of halogens is 1. The topological polar surface area (TPSA) is 81.7 Å². The lowest BCUT2D eigenvalue weighted by atomic mass is 9.40. The van der Waals surface area contributed by atoms with E-state index in [2.05, 4.69) is 27.7 Å². The predicted octanol–water partition coefficient (Wildman–Crippen LogP) is 6.25. The molecule has 13 atom stereocenters. The Morgan fingerprint density at radius 3 is 2.19 bits per heavy atom. The van der Waals surface area contributed by atoms with E-state index < -0.39 is 18.6 Å². The number of methoxy groups -OCH3 is 4. The van der Waals surface area contributed by atoms with E-state index in [1.807, 2.05) is 0 Å². The molecule has 4 fully saturated rings. The first-order valence-corrected chi connectivity index (χ1v) is 16.6. The molecule has 4 aliphatic rings. The Bertz CT molecular complexity index is 890. The zero-order valence-electron chi connectivity index (χ0n) is 28.0. The molecule has 0 amide bonds. The molecule has 0 aliphatic heterocycles. The van der Waals surface area contributed by atoms with E-state index in [1.165, 1.54) is 7.11 Å². The van der Waals surface area contributed by atoms with E-state index in [9.17, 15) is 9.18 Å². The van der Waals surface area contributed by atoms with Crippen molar-refractivity contribution >= 4 is 5.97 Å². The average molecular weight is 615 g/mol. The highest BCUT2D eigenvalue weighted by Crippen LogP contribution is 2.70. The predicted molar refractivity (Wildman–Crippen MR) is 161 cm³/mol. The Kier molecular flexibility index (Phi) is 12.4. The van der Waals surface area contributed by atoms with E-state index in [4.69, 9.17) is 33.2 Å². The summed E-state index contributed by atoms with van der Waals surface area (Å²) in [5.74, 6) is 1.25. The van der Waals surface area contributed by atoms with Crippen LogP contribution in [0.15, 0.2) is 0 Å². The average Bonchev–Trinajstić information content (AvgIpc) is 3.37. The lowest BCUT2D eigenvalue weighted by Gasteiger charge is -2.66. The second-order valence-corrected chi connectivity index (χ2v) is 14.4. The highest BCUT2D eigenvalue weighted by molar-refractivity contribution is 5.72. The normalized spacial score (nSPS) is 42.0. The van der Waals surface area contributed by atoms with Gasteiger partial charge in [-0.05, 0) is 91.8 Å². The number of esters is 1. The van der Waals surface area contributed by atoms with Gasteiger partial charge in [0.15, 0.2) is 0 Å². The highest BCUT2D eigenvalue weighted by atomic mass is 19.1. The lowest BCUT2D eigenvalue weighted by Crippen LogP contribution is -2.66. The van der Waals surface area contributed by atoms with Gasteiger partial charge in [-0.15, -0.1) is 0 Å². The second kappa shape index (κ2) is 15.2. The standard InChI is InChI=1S/C34H59FO8/c1-9-24-27-15-23(41-18-37-5)12-13-33(27,3)28-16-29(42-19-38-6)34(4)25(21(2)14-22(17-35)32(36)40-8)10-11-26(34)30(28)31(24)43-20-39-7/h21-31H,9-20H2,1-8H3/t21-,22?,23-,24-,25-,26?,27+,28?,29+,30?,31-,33+,34-/m1/s1. The molecular weight excluding hydrogens is 555 g/mol. The molecule has 4 saturated carbocycles. The van der Waals surface area contributed by atoms with Crippen LogP contribution in [-0.2, 0) is 38.0 Å². The Labute approximate surface area is 259 Å². The maximum absolute atomic E-state index is 14.0. The minimum absolute atomic E-state index is 0.00297. The molecule has 4 rings (SSSR count). The number of carbonyl (C=O) groups excluding carboxylic acids is 1. The fraction of sp³-hybridized carbons (Fsp3) is 0.971. The van der Waals surface area contributed by atoms with E-state index in [0.29, 0.717) is 42.8 Å². The quantitative estimate of drug-likeness (QED) is 0.158. The Morgan fingerprint density at radius 2 is 1.56 bits per heavy atom. The van der Waals surface area contributed by atoms with Crippen molar-refractivity contribution in [3.8, 4) is 0 Å². The highest BCUT2D eigenvalue weighted by Gasteiger charge is 2.68. The van der Waals surface area contributed by atoms with Crippen LogP contribution in [-0.4, -0.2) is 79.8 Å². The van der Waals surface area contributed by atoms with Crippen LogP contribution in [0, 0.1) is 58.2 Å². The van der Waals surface area contributed by atoms with Crippen molar-refractivity contribution in [3.63, 3.8) is 0 Å². The van der Waals surface area contributed by atoms with Gasteiger partial charge in [0.05, 0.1) is 31.3 Å². The van der Waals surface area contributed by atoms with Crippen molar-refractivity contribution < 1.29 is 42.3 Å². The third-order valence-electron chi connectivity index (χ3n) is 12.7. The zero-order chi connectivity index (χ0) is 31.4. The van der Waals surface area contributed by atoms with Gasteiger partial charge in [0.1, 0.15) is 27.1 Å². The van der Waals surface area contributed by atoms with Gasteiger partial charge in [-0.3, -0.25) is 9.18 Å². The molecule has 4 unspecified atom stereocenters. The van der Waals surface area contributed by atoms with Crippen LogP contribution in [0.1, 0.15) is 79.1 Å². The maximum atomic E-state index is 14.0. The Morgan fingerprint density at radius 1 is 0.884 bits per heavy atom. The molecule has 0 radical (unpaired) electrons. The number of hydrogen-bond donors (Lipinski definition) is 0. The smallest absolute Gasteiger partial charge is 0.311 e. The number of rotatable bonds is 15. The van der Waals surface area contributed by atoms with Crippen molar-refractivity contribution in [2.45, 2.75) is 97.4 Å². The molecule has 0 bridgehead atoms. The summed E-state index contributed by atoms with van der Waals surface area (Å²) in [5, 5.41) is 0. The van der Waals surface area contributed by atoms with Crippen molar-refractivity contribution in [2.75, 3.05) is 55.5 Å². The summed E-state index contributed by atoms with van der Waals surface area (Å²) >= 11 is 0. The molecule has 250 valence electrons. The zero-order valence-corrected chi connectivity index (χ0v) is 28.0. The maximum Gasteiger partial charge on any atom is 0.311 e. The van der Waals surface area contributed by atoms with Crippen LogP contribution in [0.5, 0.6) is 0 Å². The molecular formula is C34H59FO8. The number of carbonyl (C=O) groups is 1. The Hall–Kier alpha value is -0.840. The van der Waals surface area contributed by atoms with Gasteiger partial charge >= 0.3 is 5.97 Å². The van der Waals surface area contributed by atoms with Crippen molar-refractivity contribution in [3.05, 3.63) is 0 Å². The first-order chi connectivity index (χ1) is 20.7. The van der Waals surface area contributed by atoms with E-state index in [1.54, 1.807) is 21.3 Å². The first kappa shape index (κ1) is 35.0. The molecule has 0 spiro atoms. The van der Waals surface area contributed by atoms with Crippen LogP contribution in [0.25, 0.3) is 0 Å². The molecule has 0 saturated heterocycles. The minimum atomic E-state index is -0.732. The second-order valence-electron chi connectivity index (χ2n) is 14.4. The van der Waals surface area contributed by atoms with Crippen LogP contribution in [0.4, 0.5) is 4.39 Å². The van der Waals surface area contributed by atoms with Crippen LogP contribution < -0.4 is 0 Å². The monoisotopic (exact) mass is 614 g/mol. The molecule has 9 heteroatoms. The number of fused-ring (bicyclic) bond motifs is 5. The largest absolute Gasteiger partial charge is 0.469 e. The fourth-order valence-corrected chi connectivity index (χ4v) is 10.9. The van der Waals surface area contributed by atoms with E-state index >= 15 is 0 Å². The van der Waals surface area contributed by atoms with Crippen molar-refractivity contribution in [2.24, 2.45) is 58.2 Å². The fourth-order valence-electron chi connectivity index (χ4n) is 10.9. The molecule has 0 aromatic heterocycles. The summed E-state index contributed by atoms with van der Waals surface area (Å²) in [7, 11) is 6.42. The van der Waals surface area contributed by atoms with Gasteiger partial charge in [0, 0.05) is 26.7 Å². The summed E-state index contributed by atoms with van der Waals surface area (Å²) in [4.78, 5) is 12.4. The van der Waals surface area contributed by atoms with Crippen LogP contribution >= 0.6 is 0 Å². The third kappa shape index (κ3) is 6.55. The van der Waals surface area contributed by atoms with Gasteiger partial charge in [0.2, 0.25) is 0 Å². The molecule has 0 aromatic carbocycles. The van der Waals surface area contributed by atoms with Gasteiger partial charge < -0.3 is 33.2 Å². The first-order valence-electron chi connectivity index (χ1n) is 16.6. The number of ether oxygens (including phenoxy) is 7. The van der Waals surface area contributed by atoms with Gasteiger partial charge in [-0.25, -0.2) is 0 Å². The number of hydrogen-bond acceptors (Lipinski definition) is 8. The summed E-state index contributed by atoms with van der Waals surface area (Å²) in [5.41, 5.74) is -0.0276. The summed E-state index contributed by atoms with van der Waals surface area (Å²) in [6.45, 7) is 9.59. The molecule has 0 N–H and O–H groups in total. The molecule has 43 heavy (non-hydrogen) atoms. The van der Waals surface area contributed by atoms with Crippen molar-refractivity contribution in [1.29, 1.82) is 0 Å².